The summed E-state index contributed by atoms with van der Waals surface area (Å²) in [6, 6.07) is 20.9. The number of unbranched alkanes of at least 4 members (excludes halogenated alkanes) is 6. The van der Waals surface area contributed by atoms with Crippen molar-refractivity contribution in [2.24, 2.45) is 11.8 Å². The van der Waals surface area contributed by atoms with Crippen molar-refractivity contribution in [3.8, 4) is 32.9 Å². The fourth-order valence-electron chi connectivity index (χ4n) is 8.64. The predicted molar refractivity (Wildman–Crippen MR) is 280 cm³/mol. The molecule has 0 unspecified atom stereocenters. The lowest BCUT2D eigenvalue weighted by Gasteiger charge is -2.27. The summed E-state index contributed by atoms with van der Waals surface area (Å²) in [5.74, 6) is -1.22. The van der Waals surface area contributed by atoms with E-state index >= 15 is 0 Å². The van der Waals surface area contributed by atoms with Crippen molar-refractivity contribution >= 4 is 68.7 Å². The van der Waals surface area contributed by atoms with Gasteiger partial charge in [-0.05, 0) is 175 Å². The fraction of sp³-hybridized carbons (Fsp3) is 0.421. The highest BCUT2D eigenvalue weighted by Crippen LogP contribution is 2.41. The third-order valence-electron chi connectivity index (χ3n) is 12.8. The van der Waals surface area contributed by atoms with Gasteiger partial charge in [-0.25, -0.2) is 24.2 Å². The van der Waals surface area contributed by atoms with Crippen molar-refractivity contribution in [1.82, 2.24) is 4.98 Å². The molecule has 0 bridgehead atoms. The first-order chi connectivity index (χ1) is 36.1. The Balaban J connectivity index is 0.835. The molecule has 2 aliphatic carbocycles. The fourth-order valence-corrected chi connectivity index (χ4v) is 10.5. The lowest BCUT2D eigenvalue weighted by molar-refractivity contribution is -0.141. The summed E-state index contributed by atoms with van der Waals surface area (Å²) in [6.07, 6.45) is 12.5. The van der Waals surface area contributed by atoms with Crippen LogP contribution in [0.1, 0.15) is 123 Å². The zero-order valence-electron chi connectivity index (χ0n) is 41.5. The van der Waals surface area contributed by atoms with Crippen LogP contribution in [0.2, 0.25) is 0 Å². The molecule has 17 heteroatoms. The highest BCUT2D eigenvalue weighted by molar-refractivity contribution is 7.25. The Kier molecular flexibility index (Phi) is 21.2. The van der Waals surface area contributed by atoms with Crippen molar-refractivity contribution in [1.29, 1.82) is 0 Å². The Hall–Kier alpha value is -6.85. The molecule has 0 amide bonds. The molecule has 2 heterocycles. The average molecular weight is 1050 g/mol. The monoisotopic (exact) mass is 1050 g/mol. The van der Waals surface area contributed by atoms with Gasteiger partial charge < -0.3 is 37.9 Å². The molecule has 7 rings (SSSR count). The van der Waals surface area contributed by atoms with Gasteiger partial charge in [0.05, 0.1) is 59.0 Å². The second kappa shape index (κ2) is 28.6. The highest BCUT2D eigenvalue weighted by Gasteiger charge is 2.33. The van der Waals surface area contributed by atoms with Crippen LogP contribution in [0.25, 0.3) is 20.1 Å². The van der Waals surface area contributed by atoms with Gasteiger partial charge in [-0.2, -0.15) is 0 Å². The van der Waals surface area contributed by atoms with E-state index < -0.39 is 41.9 Å². The van der Waals surface area contributed by atoms with Gasteiger partial charge in [0.25, 0.3) is 0 Å². The number of carbonyl (C=O) groups is 6. The van der Waals surface area contributed by atoms with Crippen LogP contribution in [0.5, 0.6) is 23.0 Å². The van der Waals surface area contributed by atoms with Gasteiger partial charge in [0, 0.05) is 12.2 Å². The van der Waals surface area contributed by atoms with Crippen molar-refractivity contribution in [2.45, 2.75) is 115 Å². The Morgan fingerprint density at radius 1 is 0.554 bits per heavy atom. The number of hydrogen-bond acceptors (Lipinski definition) is 17. The number of benzene rings is 3. The number of thiazole rings is 1. The van der Waals surface area contributed by atoms with Gasteiger partial charge in [-0.15, -0.1) is 22.7 Å². The lowest BCUT2D eigenvalue weighted by atomic mass is 9.87. The van der Waals surface area contributed by atoms with E-state index in [4.69, 9.17) is 42.9 Å². The summed E-state index contributed by atoms with van der Waals surface area (Å²) in [5.41, 5.74) is 1.06. The van der Waals surface area contributed by atoms with Gasteiger partial charge in [0.15, 0.2) is 0 Å². The molecule has 2 fully saturated rings. The number of hydrogen-bond donors (Lipinski definition) is 0. The second-order valence-electron chi connectivity index (χ2n) is 18.1. The third-order valence-corrected chi connectivity index (χ3v) is 14.9. The van der Waals surface area contributed by atoms with E-state index in [0.717, 1.165) is 68.4 Å². The maximum absolute atomic E-state index is 13.8. The number of nitrogens with zero attached hydrogens (tertiary/aromatic N) is 1. The Morgan fingerprint density at radius 3 is 1.58 bits per heavy atom. The summed E-state index contributed by atoms with van der Waals surface area (Å²) in [7, 11) is 0. The number of aromatic nitrogens is 1. The largest absolute Gasteiger partial charge is 0.494 e. The van der Waals surface area contributed by atoms with Crippen LogP contribution in [0.15, 0.2) is 103 Å². The van der Waals surface area contributed by atoms with E-state index in [1.807, 2.05) is 17.5 Å². The standard InChI is InChI=1S/C57H63NO14S2/c1-3-49(59)67-35-11-7-5-9-33-65-41-21-15-38(16-22-41)54(61)69-43-23-19-40(20-24-43)56(63)72-47-32-31-46(51-52(47)74-53(58-51)48-14-13-37-73-48)57(64)71-44-25-17-39(18-26-44)55(62)70-45-29-27-42(28-30-45)66-34-10-6-8-12-36-68-50(60)4-2/h3-4,13-16,21-22,27-32,37,39-40,43-44H,1-2,5-12,17-20,23-26,33-36H2. The Morgan fingerprint density at radius 2 is 1.05 bits per heavy atom. The number of esters is 6. The number of fused-ring (bicyclic) bond motifs is 1. The van der Waals surface area contributed by atoms with E-state index in [9.17, 15) is 28.8 Å². The number of ether oxygens (including phenoxy) is 8. The molecule has 3 aromatic carbocycles. The van der Waals surface area contributed by atoms with Gasteiger partial charge in [0.1, 0.15) is 45.7 Å². The van der Waals surface area contributed by atoms with Crippen LogP contribution in [0.3, 0.4) is 0 Å². The first kappa shape index (κ1) is 54.9. The molecule has 74 heavy (non-hydrogen) atoms. The minimum absolute atomic E-state index is 0.259. The van der Waals surface area contributed by atoms with Crippen molar-refractivity contribution in [3.05, 3.63) is 115 Å². The SMILES string of the molecule is C=CC(=O)OCCCCCCOc1ccc(OC(=O)C2CCC(OC(=O)c3ccc(OC(=O)C4CCC(OC(=O)c5ccc(OCCCCCCOC(=O)C=C)cc5)CC4)c4sc(-c5cccs5)nc34)CC2)cc1. The van der Waals surface area contributed by atoms with Crippen molar-refractivity contribution in [2.75, 3.05) is 26.4 Å². The smallest absolute Gasteiger partial charge is 0.340 e. The first-order valence-corrected chi connectivity index (χ1v) is 27.1. The molecule has 392 valence electrons. The van der Waals surface area contributed by atoms with E-state index in [0.29, 0.717) is 122 Å². The number of rotatable bonds is 27. The van der Waals surface area contributed by atoms with E-state index in [2.05, 4.69) is 13.2 Å². The van der Waals surface area contributed by atoms with Crippen LogP contribution in [0, 0.1) is 11.8 Å². The Bertz CT molecular complexity index is 2660. The van der Waals surface area contributed by atoms with E-state index in [1.165, 1.54) is 22.7 Å². The quantitative estimate of drug-likeness (QED) is 0.0159. The van der Waals surface area contributed by atoms with Gasteiger partial charge in [-0.1, -0.05) is 19.2 Å². The normalized spacial score (nSPS) is 17.3. The summed E-state index contributed by atoms with van der Waals surface area (Å²) >= 11 is 2.85. The zero-order chi connectivity index (χ0) is 52.1. The van der Waals surface area contributed by atoms with Crippen LogP contribution >= 0.6 is 22.7 Å². The lowest BCUT2D eigenvalue weighted by Crippen LogP contribution is -2.30. The maximum Gasteiger partial charge on any atom is 0.340 e. The van der Waals surface area contributed by atoms with Crippen LogP contribution in [-0.4, -0.2) is 79.4 Å². The second-order valence-corrected chi connectivity index (χ2v) is 20.1. The average Bonchev–Trinajstić information content (AvgIpc) is 4.13. The van der Waals surface area contributed by atoms with Gasteiger partial charge in [0.2, 0.25) is 0 Å². The summed E-state index contributed by atoms with van der Waals surface area (Å²) in [6.45, 7) is 8.58. The van der Waals surface area contributed by atoms with Crippen molar-refractivity contribution in [3.63, 3.8) is 0 Å². The molecule has 0 radical (unpaired) electrons. The molecule has 0 saturated heterocycles. The Labute approximate surface area is 439 Å². The molecule has 15 nitrogen and oxygen atoms in total. The third kappa shape index (κ3) is 16.6. The highest BCUT2D eigenvalue weighted by atomic mass is 32.1. The van der Waals surface area contributed by atoms with Crippen LogP contribution in [0.4, 0.5) is 0 Å². The molecular formula is C57H63NO14S2. The maximum atomic E-state index is 13.8. The van der Waals surface area contributed by atoms with Gasteiger partial charge in [-0.3, -0.25) is 9.59 Å². The molecule has 0 aliphatic heterocycles. The summed E-state index contributed by atoms with van der Waals surface area (Å²) < 4.78 is 45.8. The van der Waals surface area contributed by atoms with E-state index in [-0.39, 0.29) is 23.6 Å². The molecular weight excluding hydrogens is 987 g/mol. The van der Waals surface area contributed by atoms with E-state index in [1.54, 1.807) is 60.7 Å². The number of carbonyl (C=O) groups excluding carboxylic acids is 6. The molecule has 0 atom stereocenters. The molecule has 0 N–H and O–H groups in total. The first-order valence-electron chi connectivity index (χ1n) is 25.4. The minimum atomic E-state index is -0.543. The van der Waals surface area contributed by atoms with Crippen LogP contribution in [-0.2, 0) is 38.1 Å². The zero-order valence-corrected chi connectivity index (χ0v) is 43.1. The summed E-state index contributed by atoms with van der Waals surface area (Å²) in [4.78, 5) is 81.7. The molecule has 5 aromatic rings. The van der Waals surface area contributed by atoms with Crippen molar-refractivity contribution < 1.29 is 66.7 Å². The molecule has 2 saturated carbocycles. The predicted octanol–water partition coefficient (Wildman–Crippen LogP) is 12.0. The van der Waals surface area contributed by atoms with Gasteiger partial charge >= 0.3 is 35.8 Å². The minimum Gasteiger partial charge on any atom is -0.494 e. The van der Waals surface area contributed by atoms with Crippen LogP contribution < -0.4 is 18.9 Å². The number of thiophene rings is 1. The molecule has 2 aliphatic rings. The summed E-state index contributed by atoms with van der Waals surface area (Å²) in [5, 5.41) is 2.62. The topological polar surface area (TPSA) is 189 Å². The molecule has 2 aromatic heterocycles. The molecule has 0 spiro atoms.